The van der Waals surface area contributed by atoms with Gasteiger partial charge in [0.1, 0.15) is 33.3 Å². The first-order valence-electron chi connectivity index (χ1n) is 42.4. The van der Waals surface area contributed by atoms with Crippen LogP contribution in [0.25, 0.3) is 43.2 Å². The van der Waals surface area contributed by atoms with Crippen molar-refractivity contribution in [3.05, 3.63) is 69.7 Å². The molecular weight excluding hydrogens is 1520 g/mol. The molecule has 2 saturated heterocycles. The van der Waals surface area contributed by atoms with Gasteiger partial charge in [-0.1, -0.05) is 153 Å². The summed E-state index contributed by atoms with van der Waals surface area (Å²) in [5.74, 6) is -2.42. The number of imidazole rings is 2. The van der Waals surface area contributed by atoms with Crippen LogP contribution in [0.2, 0.25) is 0 Å². The Hall–Kier alpha value is -6.90. The maximum absolute atomic E-state index is 14.6. The average Bonchev–Trinajstić information content (AvgIpc) is 1.56. The summed E-state index contributed by atoms with van der Waals surface area (Å²) in [5.41, 5.74) is 4.56. The third-order valence-electron chi connectivity index (χ3n) is 26.9. The number of para-hydroxylation sites is 2. The molecule has 0 radical (unpaired) electrons. The predicted octanol–water partition coefficient (Wildman–Crippen LogP) is 17.3. The molecule has 4 aliphatic heterocycles. The van der Waals surface area contributed by atoms with Crippen molar-refractivity contribution in [3.8, 4) is 33.2 Å². The first kappa shape index (κ1) is 85.0. The summed E-state index contributed by atoms with van der Waals surface area (Å²) in [6, 6.07) is 11.5. The number of aryl methyl sites for hydroxylation is 2. The number of amides is 4. The largest absolute Gasteiger partial charge is 0.459 e. The van der Waals surface area contributed by atoms with Gasteiger partial charge < -0.3 is 19.3 Å². The van der Waals surface area contributed by atoms with Gasteiger partial charge in [-0.05, 0) is 170 Å². The minimum Gasteiger partial charge on any atom is -0.459 e. The maximum atomic E-state index is 14.6. The Morgan fingerprint density at radius 3 is 1.32 bits per heavy atom. The Balaban J connectivity index is 0.000000199. The zero-order valence-electron chi connectivity index (χ0n) is 70.6. The van der Waals surface area contributed by atoms with Gasteiger partial charge >= 0.3 is 0 Å². The molecule has 4 aliphatic carbocycles. The van der Waals surface area contributed by atoms with Crippen LogP contribution in [-0.2, 0) is 61.7 Å². The van der Waals surface area contributed by atoms with E-state index in [1.54, 1.807) is 32.5 Å². The highest BCUT2D eigenvalue weighted by Gasteiger charge is 2.65. The highest BCUT2D eigenvalue weighted by molar-refractivity contribution is 7.92. The number of nitrogens with one attached hydrogen (secondary N) is 2. The molecule has 8 aliphatic rings. The summed E-state index contributed by atoms with van der Waals surface area (Å²) in [5, 5.41) is 1.83. The van der Waals surface area contributed by atoms with Crippen molar-refractivity contribution in [2.24, 2.45) is 45.3 Å². The molecule has 4 amide bonds. The number of Topliss-reactive ketones (excluding diaryl/α,β-unsaturated/α-hetero) is 2. The number of ketones is 2. The zero-order chi connectivity index (χ0) is 82.5. The van der Waals surface area contributed by atoms with Crippen LogP contribution in [0.3, 0.4) is 0 Å². The number of thiazole rings is 2. The van der Waals surface area contributed by atoms with Gasteiger partial charge in [-0.2, -0.15) is 9.97 Å². The number of benzene rings is 2. The molecule has 26 heteroatoms. The summed E-state index contributed by atoms with van der Waals surface area (Å²) < 4.78 is 76.4. The normalized spacial score (nSPS) is 27.1. The molecule has 12 bridgehead atoms. The minimum atomic E-state index is -3.98. The number of likely N-dealkylation sites (tertiary alicyclic amines) is 2. The summed E-state index contributed by atoms with van der Waals surface area (Å²) >= 11 is 3.41. The van der Waals surface area contributed by atoms with Gasteiger partial charge in [0.2, 0.25) is 43.7 Å². The number of hydrogen-bond acceptors (Lipinski definition) is 18. The molecule has 622 valence electrons. The number of sulfonamides is 2. The molecule has 6 aromatic rings. The number of rotatable bonds is 8. The number of fused-ring (bicyclic) bond motifs is 12. The SMILES string of the molecule is CC[C@@H]1C[C@@]12CC(=O)[C@@H]1C[C@H](CN1C(=O)[C@@H](C)C(C)(C)C)Oc1nc3c(cccc3n1C(C)C)-c1nc(C(C)C)c(s1)CCC=CCCC1(CC1)S(=O)(=O)NC2=O.CC[C@@H]1C[C@@]12CC(=O)[C@@H]1C[C@H](CN1C(=O)[C@@H](C)C(C)(C)C)Oc1nc3c(cccc3n1C(C)C)-c1nc(C(C)C)c(s1)CCCCCCC1(CC1)S(=O)(=O)NC2=O. The summed E-state index contributed by atoms with van der Waals surface area (Å²) in [6.07, 6.45) is 15.3. The van der Waals surface area contributed by atoms with E-state index in [2.05, 4.69) is 104 Å². The van der Waals surface area contributed by atoms with Crippen LogP contribution in [0.15, 0.2) is 48.6 Å². The third kappa shape index (κ3) is 16.5. The van der Waals surface area contributed by atoms with Crippen molar-refractivity contribution >= 4 is 100.0 Å². The van der Waals surface area contributed by atoms with E-state index in [0.29, 0.717) is 82.6 Å². The number of ether oxygens (including phenoxy) is 2. The Morgan fingerprint density at radius 2 is 0.939 bits per heavy atom. The molecule has 10 atom stereocenters. The lowest BCUT2D eigenvalue weighted by molar-refractivity contribution is -0.144. The van der Waals surface area contributed by atoms with Gasteiger partial charge in [0.25, 0.3) is 12.0 Å². The number of aromatic nitrogens is 6. The fraction of sp³-hybridized carbons (Fsp3) is 0.682. The molecule has 114 heavy (non-hydrogen) atoms. The van der Waals surface area contributed by atoms with E-state index in [-0.39, 0.29) is 121 Å². The Bertz CT molecular complexity index is 4920. The van der Waals surface area contributed by atoms with E-state index in [0.717, 1.165) is 99.5 Å². The van der Waals surface area contributed by atoms with Crippen LogP contribution in [0.4, 0.5) is 0 Å². The highest BCUT2D eigenvalue weighted by Crippen LogP contribution is 2.61. The number of nitrogens with zero attached hydrogens (tertiary/aromatic N) is 8. The summed E-state index contributed by atoms with van der Waals surface area (Å²) in [7, 11) is -7.93. The van der Waals surface area contributed by atoms with Crippen LogP contribution in [0, 0.1) is 45.3 Å². The Morgan fingerprint density at radius 1 is 0.535 bits per heavy atom. The van der Waals surface area contributed by atoms with E-state index < -0.39 is 76.5 Å². The average molecular weight is 1640 g/mol. The topological polar surface area (TPSA) is 281 Å². The molecule has 2 N–H and O–H groups in total. The second kappa shape index (κ2) is 32.1. The minimum absolute atomic E-state index is 0.00345. The lowest BCUT2D eigenvalue weighted by Crippen LogP contribution is -2.48. The lowest BCUT2D eigenvalue weighted by atomic mass is 9.81. The third-order valence-corrected chi connectivity index (χ3v) is 33.7. The Labute approximate surface area is 683 Å². The van der Waals surface area contributed by atoms with Crippen LogP contribution < -0.4 is 18.9 Å². The van der Waals surface area contributed by atoms with Crippen LogP contribution in [0.5, 0.6) is 12.0 Å². The standard InChI is InChI=1S/C44H63N5O6S2.C44H61N5O6S2/c2*1-10-29-23-44(29)24-34(50)33-22-30(25-48(33)39(51)28(6)42(7,8)9)55-41-46-37-31(16-15-17-32(37)49(41)27(4)5)38-45-36(26(2)3)35(56-38)18-13-11-12-14-19-43(20-21-43)57(53,54)47-40(44)52/h15-17,26-30,33H,10-14,18-25H2,1-9H3,(H,47,52);11-12,15-17,26-30,33H,10,13-14,18-25H2,1-9H3,(H,47,52)/t2*28-,29-,30-,33+,44-/m11/s1. The van der Waals surface area contributed by atoms with E-state index >= 15 is 0 Å². The first-order valence-corrected chi connectivity index (χ1v) is 47.0. The van der Waals surface area contributed by atoms with Gasteiger partial charge in [0.05, 0.1) is 67.9 Å². The molecule has 22 nitrogen and oxygen atoms in total. The number of carbonyl (C=O) groups excluding carboxylic acids is 6. The predicted molar refractivity (Wildman–Crippen MR) is 449 cm³/mol. The van der Waals surface area contributed by atoms with Crippen LogP contribution in [0.1, 0.15) is 298 Å². The van der Waals surface area contributed by atoms with Crippen molar-refractivity contribution in [1.82, 2.24) is 48.3 Å². The van der Waals surface area contributed by atoms with Gasteiger partial charge in [0, 0.05) is 70.5 Å². The van der Waals surface area contributed by atoms with Crippen molar-refractivity contribution in [1.29, 1.82) is 0 Å². The summed E-state index contributed by atoms with van der Waals surface area (Å²) in [6.45, 7) is 37.2. The lowest BCUT2D eigenvalue weighted by Gasteiger charge is -2.33. The molecule has 14 rings (SSSR count). The molecule has 4 spiro atoms. The van der Waals surface area contributed by atoms with Gasteiger partial charge in [-0.25, -0.2) is 26.8 Å². The molecule has 4 aromatic heterocycles. The maximum Gasteiger partial charge on any atom is 0.297 e. The monoisotopic (exact) mass is 1640 g/mol. The quantitative estimate of drug-likeness (QED) is 0.134. The van der Waals surface area contributed by atoms with Gasteiger partial charge in [-0.15, -0.1) is 22.7 Å². The van der Waals surface area contributed by atoms with Crippen molar-refractivity contribution < 1.29 is 55.1 Å². The number of carbonyl (C=O) groups is 6. The first-order chi connectivity index (χ1) is 53.6. The molecule has 6 fully saturated rings. The number of hydrogen-bond donors (Lipinski definition) is 2. The number of allylic oxidation sites excluding steroid dienone is 2. The van der Waals surface area contributed by atoms with Crippen LogP contribution in [-0.4, -0.2) is 138 Å². The molecule has 0 unspecified atom stereocenters. The zero-order valence-corrected chi connectivity index (χ0v) is 73.9. The molecule has 8 heterocycles. The fourth-order valence-electron chi connectivity index (χ4n) is 18.3. The second-order valence-electron chi connectivity index (χ2n) is 38.1. The van der Waals surface area contributed by atoms with Gasteiger partial charge in [0.15, 0.2) is 11.6 Å². The fourth-order valence-corrected chi connectivity index (χ4v) is 24.2. The van der Waals surface area contributed by atoms with E-state index in [9.17, 15) is 45.6 Å². The van der Waals surface area contributed by atoms with Gasteiger partial charge in [-0.3, -0.25) is 47.3 Å². The highest BCUT2D eigenvalue weighted by atomic mass is 32.2. The molecule has 2 aromatic carbocycles. The van der Waals surface area contributed by atoms with E-state index in [1.807, 2.05) is 87.4 Å². The Kier molecular flexibility index (Phi) is 23.9. The van der Waals surface area contributed by atoms with Crippen LogP contribution >= 0.6 is 22.7 Å². The second-order valence-corrected chi connectivity index (χ2v) is 44.4. The van der Waals surface area contributed by atoms with E-state index in [1.165, 1.54) is 9.75 Å². The summed E-state index contributed by atoms with van der Waals surface area (Å²) in [4.78, 5) is 112. The van der Waals surface area contributed by atoms with Crippen molar-refractivity contribution in [3.63, 3.8) is 0 Å². The molecule has 4 saturated carbocycles. The van der Waals surface area contributed by atoms with E-state index in [4.69, 9.17) is 29.4 Å². The van der Waals surface area contributed by atoms with Crippen molar-refractivity contribution in [2.45, 2.75) is 324 Å². The van der Waals surface area contributed by atoms with Crippen molar-refractivity contribution in [2.75, 3.05) is 13.1 Å². The molecular formula is C88H124N10O12S4. The smallest absolute Gasteiger partial charge is 0.297 e.